The second-order valence-electron chi connectivity index (χ2n) is 3.43. The lowest BCUT2D eigenvalue weighted by molar-refractivity contribution is -0.801. The highest BCUT2D eigenvalue weighted by Crippen LogP contribution is 1.89. The third-order valence-electron chi connectivity index (χ3n) is 1.32. The van der Waals surface area contributed by atoms with Crippen molar-refractivity contribution in [2.24, 2.45) is 0 Å². The predicted octanol–water partition coefficient (Wildman–Crippen LogP) is -0.0662. The summed E-state index contributed by atoms with van der Waals surface area (Å²) in [4.78, 5) is 1.33. The van der Waals surface area contributed by atoms with Crippen LogP contribution in [0.4, 0.5) is 0 Å². The predicted molar refractivity (Wildman–Crippen MR) is 53.9 cm³/mol. The Balaban J connectivity index is 4.12. The number of nitrogens with zero attached hydrogens (tertiary/aromatic N) is 1. The Labute approximate surface area is 75.5 Å². The van der Waals surface area contributed by atoms with Crippen molar-refractivity contribution < 1.29 is 9.48 Å². The van der Waals surface area contributed by atoms with Crippen LogP contribution in [0.3, 0.4) is 0 Å². The number of allylic oxidation sites excluding steroid dienone is 3. The van der Waals surface area contributed by atoms with Crippen LogP contribution < -0.4 is 4.90 Å². The summed E-state index contributed by atoms with van der Waals surface area (Å²) >= 11 is 0. The molecule has 68 valence electrons. The zero-order valence-electron chi connectivity index (χ0n) is 8.76. The van der Waals surface area contributed by atoms with Gasteiger partial charge in [-0.3, -0.25) is 0 Å². The lowest BCUT2D eigenvalue weighted by Crippen LogP contribution is -3.00. The van der Waals surface area contributed by atoms with Gasteiger partial charge in [0.05, 0.1) is 20.3 Å². The Morgan fingerprint density at radius 2 is 1.83 bits per heavy atom. The number of nitrogens with one attached hydrogen (secondary N) is 1. The first-order valence-corrected chi connectivity index (χ1v) is 4.19. The van der Waals surface area contributed by atoms with Gasteiger partial charge in [-0.25, -0.2) is 4.58 Å². The van der Waals surface area contributed by atoms with Gasteiger partial charge in [0.25, 0.3) is 0 Å². The number of hydrogen-bond donors (Lipinski definition) is 1. The lowest BCUT2D eigenvalue weighted by atomic mass is 10.3. The van der Waals surface area contributed by atoms with Crippen molar-refractivity contribution in [2.75, 3.05) is 28.2 Å². The molecule has 0 saturated heterocycles. The van der Waals surface area contributed by atoms with Gasteiger partial charge < -0.3 is 4.90 Å². The molecule has 0 bridgehead atoms. The maximum atomic E-state index is 2.12. The van der Waals surface area contributed by atoms with Crippen molar-refractivity contribution in [3.05, 3.63) is 23.9 Å². The average Bonchev–Trinajstić information content (AvgIpc) is 1.96. The zero-order chi connectivity index (χ0) is 9.56. The third-order valence-corrected chi connectivity index (χ3v) is 1.32. The molecule has 1 N–H and O–H groups in total. The van der Waals surface area contributed by atoms with Crippen molar-refractivity contribution in [1.82, 2.24) is 0 Å². The van der Waals surface area contributed by atoms with Gasteiger partial charge in [-0.15, -0.1) is 0 Å². The standard InChI is InChI=1S/C10H19N2/c1-10(6-8-11(2)3)7-9-12(4)5/h6-9H,1-5H3/q+1/p+1. The maximum absolute atomic E-state index is 2.12. The average molecular weight is 168 g/mol. The minimum atomic E-state index is 1.27. The third kappa shape index (κ3) is 7.22. The first-order chi connectivity index (χ1) is 5.52. The van der Waals surface area contributed by atoms with E-state index in [1.165, 1.54) is 10.5 Å². The molecular formula is C10H20N2+2. The van der Waals surface area contributed by atoms with Crippen LogP contribution in [0.15, 0.2) is 23.9 Å². The highest BCUT2D eigenvalue weighted by atomic mass is 15.0. The summed E-state index contributed by atoms with van der Waals surface area (Å²) in [5.41, 5.74) is 1.27. The van der Waals surface area contributed by atoms with Gasteiger partial charge in [0.1, 0.15) is 14.1 Å². The molecular weight excluding hydrogens is 148 g/mol. The number of quaternary nitrogens is 1. The summed E-state index contributed by atoms with van der Waals surface area (Å²) in [6.07, 6.45) is 8.38. The molecule has 0 aliphatic rings. The Morgan fingerprint density at radius 1 is 1.25 bits per heavy atom. The van der Waals surface area contributed by atoms with E-state index >= 15 is 0 Å². The van der Waals surface area contributed by atoms with Crippen molar-refractivity contribution in [2.45, 2.75) is 6.92 Å². The number of rotatable bonds is 3. The topological polar surface area (TPSA) is 7.45 Å². The van der Waals surface area contributed by atoms with Gasteiger partial charge in [-0.05, 0) is 18.6 Å². The van der Waals surface area contributed by atoms with Gasteiger partial charge in [0.15, 0.2) is 6.21 Å². The van der Waals surface area contributed by atoms with Gasteiger partial charge in [0, 0.05) is 6.08 Å². The highest BCUT2D eigenvalue weighted by molar-refractivity contribution is 5.68. The van der Waals surface area contributed by atoms with E-state index in [1.807, 2.05) is 24.9 Å². The molecule has 0 rings (SSSR count). The van der Waals surface area contributed by atoms with E-state index in [2.05, 4.69) is 39.4 Å². The van der Waals surface area contributed by atoms with E-state index in [-0.39, 0.29) is 0 Å². The van der Waals surface area contributed by atoms with Crippen LogP contribution in [0.5, 0.6) is 0 Å². The van der Waals surface area contributed by atoms with Crippen LogP contribution in [0, 0.1) is 0 Å². The van der Waals surface area contributed by atoms with Crippen LogP contribution in [0.1, 0.15) is 6.92 Å². The van der Waals surface area contributed by atoms with E-state index in [4.69, 9.17) is 0 Å². The quantitative estimate of drug-likeness (QED) is 0.343. The van der Waals surface area contributed by atoms with Gasteiger partial charge >= 0.3 is 0 Å². The fourth-order valence-electron chi connectivity index (χ4n) is 0.620. The Bertz CT molecular complexity index is 206. The smallest absolute Gasteiger partial charge is 0.163 e. The van der Waals surface area contributed by atoms with Crippen LogP contribution in [-0.4, -0.2) is 39.0 Å². The molecule has 0 radical (unpaired) electrons. The van der Waals surface area contributed by atoms with E-state index in [9.17, 15) is 0 Å². The maximum Gasteiger partial charge on any atom is 0.163 e. The molecule has 12 heavy (non-hydrogen) atoms. The molecule has 0 saturated carbocycles. The fraction of sp³-hybridized carbons (Fsp3) is 0.500. The summed E-state index contributed by atoms with van der Waals surface area (Å²) in [5, 5.41) is 0. The number of hydrogen-bond acceptors (Lipinski definition) is 0. The summed E-state index contributed by atoms with van der Waals surface area (Å²) < 4.78 is 2.03. The van der Waals surface area contributed by atoms with Crippen molar-refractivity contribution in [3.8, 4) is 0 Å². The minimum Gasteiger partial charge on any atom is -0.314 e. The molecule has 0 heterocycles. The SMILES string of the molecule is CC(=CC=[N+](C)C)/C=C/[NH+](C)C. The van der Waals surface area contributed by atoms with E-state index in [0.29, 0.717) is 0 Å². The second kappa shape index (κ2) is 5.72. The largest absolute Gasteiger partial charge is 0.314 e. The van der Waals surface area contributed by atoms with Crippen LogP contribution in [0.2, 0.25) is 0 Å². The highest BCUT2D eigenvalue weighted by Gasteiger charge is 1.85. The molecule has 2 nitrogen and oxygen atoms in total. The normalized spacial score (nSPS) is 12.7. The Hall–Kier alpha value is -0.890. The molecule has 0 fully saturated rings. The van der Waals surface area contributed by atoms with Crippen molar-refractivity contribution >= 4 is 6.21 Å². The molecule has 0 unspecified atom stereocenters. The summed E-state index contributed by atoms with van der Waals surface area (Å²) in [6.45, 7) is 2.10. The summed E-state index contributed by atoms with van der Waals surface area (Å²) in [6, 6.07) is 0. The molecule has 0 aliphatic heterocycles. The van der Waals surface area contributed by atoms with E-state index in [0.717, 1.165) is 0 Å². The molecule has 0 aromatic heterocycles. The summed E-state index contributed by atoms with van der Waals surface area (Å²) in [5.74, 6) is 0. The molecule has 0 aromatic rings. The van der Waals surface area contributed by atoms with Crippen LogP contribution in [-0.2, 0) is 0 Å². The first-order valence-electron chi connectivity index (χ1n) is 4.19. The van der Waals surface area contributed by atoms with Crippen LogP contribution in [0.25, 0.3) is 0 Å². The van der Waals surface area contributed by atoms with Gasteiger partial charge in [0.2, 0.25) is 0 Å². The molecule has 0 amide bonds. The van der Waals surface area contributed by atoms with Crippen molar-refractivity contribution in [3.63, 3.8) is 0 Å². The molecule has 0 aromatic carbocycles. The van der Waals surface area contributed by atoms with Gasteiger partial charge in [-0.1, -0.05) is 0 Å². The monoisotopic (exact) mass is 168 g/mol. The van der Waals surface area contributed by atoms with Crippen LogP contribution >= 0.6 is 0 Å². The molecule has 0 aliphatic carbocycles. The van der Waals surface area contributed by atoms with E-state index in [1.54, 1.807) is 0 Å². The van der Waals surface area contributed by atoms with Gasteiger partial charge in [-0.2, -0.15) is 0 Å². The molecule has 0 spiro atoms. The Kier molecular flexibility index (Phi) is 5.30. The zero-order valence-corrected chi connectivity index (χ0v) is 8.76. The molecule has 2 heteroatoms. The minimum absolute atomic E-state index is 1.27. The lowest BCUT2D eigenvalue weighted by Gasteiger charge is -1.96. The fourth-order valence-corrected chi connectivity index (χ4v) is 0.620. The second-order valence-corrected chi connectivity index (χ2v) is 3.43. The van der Waals surface area contributed by atoms with Crippen molar-refractivity contribution in [1.29, 1.82) is 0 Å². The Morgan fingerprint density at radius 3 is 2.25 bits per heavy atom. The molecule has 0 atom stereocenters. The summed E-state index contributed by atoms with van der Waals surface area (Å²) in [7, 11) is 8.23. The van der Waals surface area contributed by atoms with E-state index < -0.39 is 0 Å². The first kappa shape index (κ1) is 11.1.